The molecule has 0 aliphatic carbocycles. The molecule has 0 aromatic heterocycles. The van der Waals surface area contributed by atoms with Gasteiger partial charge >= 0.3 is 0 Å². The number of piperidine rings is 1. The molecule has 94 valence electrons. The van der Waals surface area contributed by atoms with Crippen LogP contribution in [-0.2, 0) is 4.79 Å². The lowest BCUT2D eigenvalue weighted by Crippen LogP contribution is -2.43. The van der Waals surface area contributed by atoms with Gasteiger partial charge in [0.1, 0.15) is 0 Å². The molecule has 16 heavy (non-hydrogen) atoms. The van der Waals surface area contributed by atoms with Gasteiger partial charge in [-0.15, -0.1) is 0 Å². The lowest BCUT2D eigenvalue weighted by molar-refractivity contribution is -0.123. The highest BCUT2D eigenvalue weighted by Crippen LogP contribution is 2.27. The van der Waals surface area contributed by atoms with Gasteiger partial charge < -0.3 is 10.6 Å². The molecule has 2 N–H and O–H groups in total. The third-order valence-electron chi connectivity index (χ3n) is 3.21. The lowest BCUT2D eigenvalue weighted by Gasteiger charge is -2.34. The molecule has 1 heterocycles. The molecule has 0 aromatic carbocycles. The Hall–Kier alpha value is -0.570. The van der Waals surface area contributed by atoms with Crippen LogP contribution in [0.4, 0.5) is 0 Å². The maximum Gasteiger partial charge on any atom is 0.220 e. The molecular weight excluding hydrogens is 200 g/mol. The molecule has 1 aliphatic rings. The van der Waals surface area contributed by atoms with E-state index in [1.807, 2.05) is 0 Å². The summed E-state index contributed by atoms with van der Waals surface area (Å²) in [5, 5.41) is 6.44. The highest BCUT2D eigenvalue weighted by molar-refractivity contribution is 5.76. The van der Waals surface area contributed by atoms with Crippen LogP contribution < -0.4 is 10.6 Å². The van der Waals surface area contributed by atoms with Crippen LogP contribution in [0.15, 0.2) is 0 Å². The first-order chi connectivity index (χ1) is 7.31. The zero-order valence-corrected chi connectivity index (χ0v) is 11.2. The van der Waals surface area contributed by atoms with Crippen LogP contribution in [0.3, 0.4) is 0 Å². The minimum absolute atomic E-state index is 0.0824. The molecule has 0 spiro atoms. The van der Waals surface area contributed by atoms with Crippen molar-refractivity contribution in [1.82, 2.24) is 10.6 Å². The van der Waals surface area contributed by atoms with E-state index in [4.69, 9.17) is 0 Å². The summed E-state index contributed by atoms with van der Waals surface area (Å²) < 4.78 is 0. The average molecular weight is 226 g/mol. The highest BCUT2D eigenvalue weighted by atomic mass is 16.1. The minimum atomic E-state index is 0.0824. The molecular formula is C13H26N2O. The van der Waals surface area contributed by atoms with Gasteiger partial charge in [-0.3, -0.25) is 4.79 Å². The normalized spacial score (nSPS) is 20.5. The number of hydrogen-bond acceptors (Lipinski definition) is 2. The second kappa shape index (κ2) is 5.17. The fraction of sp³-hybridized carbons (Fsp3) is 0.923. The zero-order chi connectivity index (χ0) is 12.2. The summed E-state index contributed by atoms with van der Waals surface area (Å²) >= 11 is 0. The summed E-state index contributed by atoms with van der Waals surface area (Å²) in [6, 6.07) is 0. The van der Waals surface area contributed by atoms with Crippen molar-refractivity contribution in [3.05, 3.63) is 0 Å². The van der Waals surface area contributed by atoms with Gasteiger partial charge in [0, 0.05) is 13.0 Å². The topological polar surface area (TPSA) is 41.1 Å². The van der Waals surface area contributed by atoms with Crippen LogP contribution >= 0.6 is 0 Å². The first-order valence-corrected chi connectivity index (χ1v) is 6.28. The molecule has 3 nitrogen and oxygen atoms in total. The van der Waals surface area contributed by atoms with Gasteiger partial charge in [0.05, 0.1) is 0 Å². The minimum Gasteiger partial charge on any atom is -0.356 e. The molecule has 0 atom stereocenters. The zero-order valence-electron chi connectivity index (χ0n) is 11.2. The van der Waals surface area contributed by atoms with Crippen molar-refractivity contribution in [1.29, 1.82) is 0 Å². The molecule has 0 bridgehead atoms. The summed E-state index contributed by atoms with van der Waals surface area (Å²) in [5.74, 6) is 0.187. The summed E-state index contributed by atoms with van der Waals surface area (Å²) in [5.41, 5.74) is 0.373. The molecule has 0 unspecified atom stereocenters. The fourth-order valence-corrected chi connectivity index (χ4v) is 2.06. The van der Waals surface area contributed by atoms with Crippen molar-refractivity contribution in [3.63, 3.8) is 0 Å². The molecule has 0 saturated carbocycles. The van der Waals surface area contributed by atoms with Crippen LogP contribution in [0, 0.1) is 10.8 Å². The Morgan fingerprint density at radius 2 is 1.88 bits per heavy atom. The van der Waals surface area contributed by atoms with Gasteiger partial charge in [0.25, 0.3) is 0 Å². The van der Waals surface area contributed by atoms with E-state index in [-0.39, 0.29) is 11.3 Å². The number of rotatable bonds is 3. The SMILES string of the molecule is CC(C)(C)CC(=O)NCC1(C)CCNCC1. The first kappa shape index (κ1) is 13.5. The van der Waals surface area contributed by atoms with Gasteiger partial charge in [0.15, 0.2) is 0 Å². The molecule has 1 aliphatic heterocycles. The summed E-state index contributed by atoms with van der Waals surface area (Å²) in [4.78, 5) is 11.7. The van der Waals surface area contributed by atoms with Gasteiger partial charge in [-0.25, -0.2) is 0 Å². The Morgan fingerprint density at radius 3 is 2.38 bits per heavy atom. The van der Waals surface area contributed by atoms with Gasteiger partial charge in [-0.2, -0.15) is 0 Å². The Morgan fingerprint density at radius 1 is 1.31 bits per heavy atom. The van der Waals surface area contributed by atoms with E-state index in [0.29, 0.717) is 11.8 Å². The maximum atomic E-state index is 11.7. The Bertz CT molecular complexity index is 237. The molecule has 3 heteroatoms. The van der Waals surface area contributed by atoms with Crippen molar-refractivity contribution in [2.75, 3.05) is 19.6 Å². The quantitative estimate of drug-likeness (QED) is 0.772. The van der Waals surface area contributed by atoms with Gasteiger partial charge in [-0.1, -0.05) is 27.7 Å². The number of carbonyl (C=O) groups is 1. The standard InChI is InChI=1S/C13H26N2O/c1-12(2,3)9-11(16)15-10-13(4)5-7-14-8-6-13/h14H,5-10H2,1-4H3,(H,15,16). The fourth-order valence-electron chi connectivity index (χ4n) is 2.06. The van der Waals surface area contributed by atoms with E-state index in [2.05, 4.69) is 38.3 Å². The van der Waals surface area contributed by atoms with E-state index in [9.17, 15) is 4.79 Å². The lowest BCUT2D eigenvalue weighted by atomic mass is 9.81. The van der Waals surface area contributed by atoms with Crippen molar-refractivity contribution in [2.45, 2.75) is 47.0 Å². The largest absolute Gasteiger partial charge is 0.356 e. The predicted octanol–water partition coefficient (Wildman–Crippen LogP) is 1.93. The second-order valence-electron chi connectivity index (χ2n) is 6.57. The van der Waals surface area contributed by atoms with E-state index in [0.717, 1.165) is 32.5 Å². The molecule has 0 radical (unpaired) electrons. The Kier molecular flexibility index (Phi) is 4.36. The third kappa shape index (κ3) is 4.97. The Balaban J connectivity index is 2.30. The monoisotopic (exact) mass is 226 g/mol. The summed E-state index contributed by atoms with van der Waals surface area (Å²) in [6.07, 6.45) is 2.92. The van der Waals surface area contributed by atoms with Crippen LogP contribution in [-0.4, -0.2) is 25.5 Å². The third-order valence-corrected chi connectivity index (χ3v) is 3.21. The number of nitrogens with one attached hydrogen (secondary N) is 2. The van der Waals surface area contributed by atoms with Crippen molar-refractivity contribution >= 4 is 5.91 Å². The van der Waals surface area contributed by atoms with E-state index < -0.39 is 0 Å². The summed E-state index contributed by atoms with van der Waals surface area (Å²) in [7, 11) is 0. The first-order valence-electron chi connectivity index (χ1n) is 6.28. The number of amides is 1. The molecule has 1 amide bonds. The average Bonchev–Trinajstić information content (AvgIpc) is 2.14. The maximum absolute atomic E-state index is 11.7. The molecule has 1 rings (SSSR count). The number of hydrogen-bond donors (Lipinski definition) is 2. The van der Waals surface area contributed by atoms with Crippen LogP contribution in [0.5, 0.6) is 0 Å². The molecule has 1 saturated heterocycles. The second-order valence-corrected chi connectivity index (χ2v) is 6.57. The van der Waals surface area contributed by atoms with E-state index >= 15 is 0 Å². The van der Waals surface area contributed by atoms with Crippen molar-refractivity contribution in [2.24, 2.45) is 10.8 Å². The highest BCUT2D eigenvalue weighted by Gasteiger charge is 2.27. The number of carbonyl (C=O) groups excluding carboxylic acids is 1. The van der Waals surface area contributed by atoms with Gasteiger partial charge in [-0.05, 0) is 36.8 Å². The predicted molar refractivity (Wildman–Crippen MR) is 67.3 cm³/mol. The van der Waals surface area contributed by atoms with Crippen molar-refractivity contribution < 1.29 is 4.79 Å². The van der Waals surface area contributed by atoms with Gasteiger partial charge in [0.2, 0.25) is 5.91 Å². The van der Waals surface area contributed by atoms with Crippen LogP contribution in [0.25, 0.3) is 0 Å². The molecule has 1 fully saturated rings. The molecule has 0 aromatic rings. The summed E-state index contributed by atoms with van der Waals surface area (Å²) in [6.45, 7) is 11.5. The van der Waals surface area contributed by atoms with E-state index in [1.54, 1.807) is 0 Å². The van der Waals surface area contributed by atoms with Crippen LogP contribution in [0.2, 0.25) is 0 Å². The van der Waals surface area contributed by atoms with E-state index in [1.165, 1.54) is 0 Å². The van der Waals surface area contributed by atoms with Crippen LogP contribution in [0.1, 0.15) is 47.0 Å². The van der Waals surface area contributed by atoms with Crippen molar-refractivity contribution in [3.8, 4) is 0 Å². The Labute approximate surface area is 99.4 Å². The smallest absolute Gasteiger partial charge is 0.220 e.